The van der Waals surface area contributed by atoms with E-state index >= 15 is 0 Å². The maximum Gasteiger partial charge on any atom is 0.121 e. The number of aliphatic hydroxyl groups is 1. The van der Waals surface area contributed by atoms with Crippen molar-refractivity contribution in [2.75, 3.05) is 0 Å². The minimum atomic E-state index is -0.678. The van der Waals surface area contributed by atoms with Crippen LogP contribution in [0, 0.1) is 44.1 Å². The zero-order chi connectivity index (χ0) is 17.8. The summed E-state index contributed by atoms with van der Waals surface area (Å²) in [6, 6.07) is 28.5. The summed E-state index contributed by atoms with van der Waals surface area (Å²) in [5.41, 5.74) is 5.24. The Kier molecular flexibility index (Phi) is 7.02. The number of hydrogen-bond acceptors (Lipinski definition) is 2. The fourth-order valence-electron chi connectivity index (χ4n) is 3.13. The van der Waals surface area contributed by atoms with Gasteiger partial charge in [-0.05, 0) is 22.3 Å². The molecule has 1 N–H and O–H groups in total. The third-order valence-electron chi connectivity index (χ3n) is 4.55. The molecule has 1 unspecified atom stereocenters. The Morgan fingerprint density at radius 3 is 2.04 bits per heavy atom. The van der Waals surface area contributed by atoms with Crippen LogP contribution in [0.4, 0.5) is 0 Å². The average molecular weight is 567 g/mol. The van der Waals surface area contributed by atoms with Gasteiger partial charge < -0.3 is 9.67 Å². The van der Waals surface area contributed by atoms with Crippen LogP contribution in [0.1, 0.15) is 22.9 Å². The topological polar surface area (TPSA) is 38.1 Å². The van der Waals surface area contributed by atoms with Gasteiger partial charge >= 0.3 is 0 Å². The van der Waals surface area contributed by atoms with Crippen molar-refractivity contribution in [3.8, 4) is 11.1 Å². The molecule has 4 rings (SSSR count). The summed E-state index contributed by atoms with van der Waals surface area (Å²) in [5, 5.41) is 10.7. The van der Waals surface area contributed by atoms with E-state index in [2.05, 4.69) is 41.4 Å². The van der Waals surface area contributed by atoms with Crippen LogP contribution < -0.4 is 0 Å². The van der Waals surface area contributed by atoms with Crippen LogP contribution in [0.5, 0.6) is 0 Å². The molecular formula is C23H20AcN2O. The standard InChI is InChI=1S/C23H20N2O.Ac/c26-23(21-9-5-2-6-10-21)22-15-24-17-25(22)16-18-11-13-20(14-12-18)19-7-3-1-4-8-19;/h1-15,17,23,26H,16H2;. The molecule has 1 radical (unpaired) electrons. The Bertz CT molecular complexity index is 966. The Balaban J connectivity index is 0.00000210. The van der Waals surface area contributed by atoms with Gasteiger partial charge in [0.2, 0.25) is 0 Å². The molecule has 0 bridgehead atoms. The fourth-order valence-corrected chi connectivity index (χ4v) is 3.13. The second-order valence-corrected chi connectivity index (χ2v) is 6.32. The van der Waals surface area contributed by atoms with E-state index in [-0.39, 0.29) is 44.1 Å². The second kappa shape index (κ2) is 9.46. The first-order chi connectivity index (χ1) is 12.8. The van der Waals surface area contributed by atoms with Gasteiger partial charge in [-0.15, -0.1) is 0 Å². The summed E-state index contributed by atoms with van der Waals surface area (Å²) in [6.07, 6.45) is 2.82. The number of aliphatic hydroxyl groups excluding tert-OH is 1. The molecule has 4 aromatic rings. The Hall–Kier alpha value is -1.73. The second-order valence-electron chi connectivity index (χ2n) is 6.32. The quantitative estimate of drug-likeness (QED) is 0.381. The van der Waals surface area contributed by atoms with Gasteiger partial charge in [-0.2, -0.15) is 0 Å². The first-order valence-corrected chi connectivity index (χ1v) is 8.68. The molecule has 0 aliphatic heterocycles. The molecule has 1 heterocycles. The molecule has 27 heavy (non-hydrogen) atoms. The van der Waals surface area contributed by atoms with Crippen molar-refractivity contribution in [2.45, 2.75) is 12.6 Å². The predicted molar refractivity (Wildman–Crippen MR) is 104 cm³/mol. The summed E-state index contributed by atoms with van der Waals surface area (Å²) >= 11 is 0. The molecule has 131 valence electrons. The van der Waals surface area contributed by atoms with E-state index in [1.165, 1.54) is 16.7 Å². The number of aromatic nitrogens is 2. The Morgan fingerprint density at radius 1 is 0.778 bits per heavy atom. The monoisotopic (exact) mass is 567 g/mol. The third-order valence-corrected chi connectivity index (χ3v) is 4.55. The van der Waals surface area contributed by atoms with E-state index < -0.39 is 6.10 Å². The molecule has 3 nitrogen and oxygen atoms in total. The average Bonchev–Trinajstić information content (AvgIpc) is 3.17. The van der Waals surface area contributed by atoms with Gasteiger partial charge in [0.05, 0.1) is 18.2 Å². The van der Waals surface area contributed by atoms with Gasteiger partial charge in [0.25, 0.3) is 0 Å². The van der Waals surface area contributed by atoms with Crippen LogP contribution in [0.3, 0.4) is 0 Å². The predicted octanol–water partition coefficient (Wildman–Crippen LogP) is 4.68. The minimum absolute atomic E-state index is 0. The van der Waals surface area contributed by atoms with Gasteiger partial charge in [-0.25, -0.2) is 4.98 Å². The molecule has 0 aliphatic rings. The van der Waals surface area contributed by atoms with E-state index in [1.807, 2.05) is 53.1 Å². The smallest absolute Gasteiger partial charge is 0.121 e. The minimum Gasteiger partial charge on any atom is -0.382 e. The largest absolute Gasteiger partial charge is 0.382 e. The summed E-state index contributed by atoms with van der Waals surface area (Å²) in [6.45, 7) is 0.675. The molecule has 0 spiro atoms. The van der Waals surface area contributed by atoms with E-state index in [0.29, 0.717) is 6.54 Å². The van der Waals surface area contributed by atoms with E-state index in [1.54, 1.807) is 12.5 Å². The molecule has 1 aromatic heterocycles. The summed E-state index contributed by atoms with van der Waals surface area (Å²) in [5.74, 6) is 0. The van der Waals surface area contributed by atoms with Crippen molar-refractivity contribution in [2.24, 2.45) is 0 Å². The molecular weight excluding hydrogens is 547 g/mol. The molecule has 0 saturated heterocycles. The SMILES string of the molecule is OC(c1ccccc1)c1cncn1Cc1ccc(-c2ccccc2)cc1.[Ac]. The molecule has 0 amide bonds. The number of imidazole rings is 1. The maximum atomic E-state index is 10.7. The fraction of sp³-hybridized carbons (Fsp3) is 0.0870. The van der Waals surface area contributed by atoms with Crippen LogP contribution in [-0.2, 0) is 6.54 Å². The van der Waals surface area contributed by atoms with Gasteiger partial charge in [0.15, 0.2) is 0 Å². The summed E-state index contributed by atoms with van der Waals surface area (Å²) < 4.78 is 2.00. The summed E-state index contributed by atoms with van der Waals surface area (Å²) in [7, 11) is 0. The zero-order valence-corrected chi connectivity index (χ0v) is 19.7. The first kappa shape index (κ1) is 20.0. The Morgan fingerprint density at radius 2 is 1.37 bits per heavy atom. The van der Waals surface area contributed by atoms with Crippen LogP contribution >= 0.6 is 0 Å². The first-order valence-electron chi connectivity index (χ1n) is 8.68. The van der Waals surface area contributed by atoms with E-state index in [0.717, 1.165) is 11.3 Å². The number of benzene rings is 3. The van der Waals surface area contributed by atoms with E-state index in [9.17, 15) is 5.11 Å². The van der Waals surface area contributed by atoms with Gasteiger partial charge in [-0.1, -0.05) is 84.9 Å². The van der Waals surface area contributed by atoms with Gasteiger partial charge in [-0.3, -0.25) is 0 Å². The zero-order valence-electron chi connectivity index (χ0n) is 14.9. The molecule has 4 heteroatoms. The van der Waals surface area contributed by atoms with Crippen molar-refractivity contribution >= 4 is 0 Å². The molecule has 3 aromatic carbocycles. The Labute approximate surface area is 195 Å². The van der Waals surface area contributed by atoms with Gasteiger partial charge in [0, 0.05) is 50.6 Å². The normalized spacial score (nSPS) is 11.6. The van der Waals surface area contributed by atoms with Crippen LogP contribution in [0.25, 0.3) is 11.1 Å². The van der Waals surface area contributed by atoms with Gasteiger partial charge in [0.1, 0.15) is 6.10 Å². The van der Waals surface area contributed by atoms with Crippen molar-refractivity contribution < 1.29 is 49.2 Å². The molecule has 0 aliphatic carbocycles. The molecule has 1 atom stereocenters. The number of rotatable bonds is 5. The third kappa shape index (κ3) is 4.76. The molecule has 0 saturated carbocycles. The van der Waals surface area contributed by atoms with Crippen molar-refractivity contribution in [1.29, 1.82) is 0 Å². The molecule has 0 fully saturated rings. The maximum absolute atomic E-state index is 10.7. The van der Waals surface area contributed by atoms with Crippen LogP contribution in [0.2, 0.25) is 0 Å². The number of hydrogen-bond donors (Lipinski definition) is 1. The summed E-state index contributed by atoms with van der Waals surface area (Å²) in [4.78, 5) is 4.23. The van der Waals surface area contributed by atoms with Crippen molar-refractivity contribution in [1.82, 2.24) is 9.55 Å². The van der Waals surface area contributed by atoms with Crippen LogP contribution in [-0.4, -0.2) is 14.7 Å². The van der Waals surface area contributed by atoms with E-state index in [4.69, 9.17) is 0 Å². The number of nitrogens with zero attached hydrogens (tertiary/aromatic N) is 2. The van der Waals surface area contributed by atoms with Crippen molar-refractivity contribution in [3.05, 3.63) is 114 Å². The van der Waals surface area contributed by atoms with Crippen molar-refractivity contribution in [3.63, 3.8) is 0 Å². The van der Waals surface area contributed by atoms with Crippen LogP contribution in [0.15, 0.2) is 97.5 Å².